The van der Waals surface area contributed by atoms with Crippen molar-refractivity contribution in [2.24, 2.45) is 17.8 Å². The van der Waals surface area contributed by atoms with E-state index in [-0.39, 0.29) is 35.5 Å². The summed E-state index contributed by atoms with van der Waals surface area (Å²) >= 11 is 1.61. The van der Waals surface area contributed by atoms with Crippen molar-refractivity contribution < 1.29 is 14.4 Å². The number of hydrogen-bond acceptors (Lipinski definition) is 4. The Balaban J connectivity index is 1.85. The first-order chi connectivity index (χ1) is 12.9. The van der Waals surface area contributed by atoms with Gasteiger partial charge in [0.1, 0.15) is 6.04 Å². The van der Waals surface area contributed by atoms with E-state index in [0.29, 0.717) is 32.4 Å². The summed E-state index contributed by atoms with van der Waals surface area (Å²) in [5.41, 5.74) is 0. The second-order valence-electron chi connectivity index (χ2n) is 7.78. The quantitative estimate of drug-likeness (QED) is 0.531. The average Bonchev–Trinajstić information content (AvgIpc) is 3.25. The van der Waals surface area contributed by atoms with Gasteiger partial charge in [-0.05, 0) is 43.6 Å². The molecule has 2 heterocycles. The molecular formula is C21H28N2O3S. The molecule has 1 aromatic rings. The van der Waals surface area contributed by atoms with Crippen molar-refractivity contribution in [3.8, 4) is 0 Å². The normalized spacial score (nSPS) is 23.0. The third kappa shape index (κ3) is 4.00. The molecule has 3 atom stereocenters. The van der Waals surface area contributed by atoms with E-state index >= 15 is 0 Å². The average molecular weight is 389 g/mol. The summed E-state index contributed by atoms with van der Waals surface area (Å²) in [4.78, 5) is 43.6. The second-order valence-corrected chi connectivity index (χ2v) is 8.81. The van der Waals surface area contributed by atoms with Gasteiger partial charge in [-0.25, -0.2) is 0 Å². The number of amides is 3. The van der Waals surface area contributed by atoms with E-state index in [1.165, 1.54) is 4.90 Å². The van der Waals surface area contributed by atoms with Gasteiger partial charge in [0, 0.05) is 11.4 Å². The molecule has 5 nitrogen and oxygen atoms in total. The third-order valence-electron chi connectivity index (χ3n) is 5.45. The van der Waals surface area contributed by atoms with Crippen LogP contribution in [0.4, 0.5) is 0 Å². The summed E-state index contributed by atoms with van der Waals surface area (Å²) in [5.74, 6) is -0.829. The zero-order valence-corrected chi connectivity index (χ0v) is 17.1. The van der Waals surface area contributed by atoms with Gasteiger partial charge >= 0.3 is 0 Å². The highest BCUT2D eigenvalue weighted by atomic mass is 32.1. The molecule has 1 aliphatic carbocycles. The van der Waals surface area contributed by atoms with E-state index in [2.05, 4.69) is 0 Å². The van der Waals surface area contributed by atoms with Crippen molar-refractivity contribution in [2.75, 3.05) is 6.54 Å². The summed E-state index contributed by atoms with van der Waals surface area (Å²) in [5, 5.41) is 1.99. The third-order valence-corrected chi connectivity index (χ3v) is 6.31. The van der Waals surface area contributed by atoms with Crippen LogP contribution in [0.1, 0.15) is 44.9 Å². The van der Waals surface area contributed by atoms with Crippen LogP contribution in [0.3, 0.4) is 0 Å². The molecule has 6 heteroatoms. The number of hydrogen-bond donors (Lipinski definition) is 0. The molecule has 27 heavy (non-hydrogen) atoms. The molecule has 1 saturated heterocycles. The number of nitrogens with zero attached hydrogens (tertiary/aromatic N) is 2. The molecule has 0 saturated carbocycles. The lowest BCUT2D eigenvalue weighted by molar-refractivity contribution is -0.152. The number of likely N-dealkylation sites (tertiary alicyclic amines) is 1. The summed E-state index contributed by atoms with van der Waals surface area (Å²) in [7, 11) is 0. The Morgan fingerprint density at radius 1 is 1.22 bits per heavy atom. The van der Waals surface area contributed by atoms with Crippen LogP contribution in [-0.4, -0.2) is 40.1 Å². The largest absolute Gasteiger partial charge is 0.336 e. The maximum atomic E-state index is 13.4. The molecule has 1 aliphatic heterocycles. The second kappa shape index (κ2) is 8.38. The predicted octanol–water partition coefficient (Wildman–Crippen LogP) is 3.46. The highest BCUT2D eigenvalue weighted by Gasteiger charge is 2.51. The van der Waals surface area contributed by atoms with Gasteiger partial charge in [0.2, 0.25) is 17.7 Å². The van der Waals surface area contributed by atoms with E-state index in [0.717, 1.165) is 4.88 Å². The Morgan fingerprint density at radius 3 is 2.33 bits per heavy atom. The van der Waals surface area contributed by atoms with Crippen LogP contribution < -0.4 is 0 Å². The topological polar surface area (TPSA) is 57.7 Å². The number of fused-ring (bicyclic) bond motifs is 1. The van der Waals surface area contributed by atoms with Gasteiger partial charge < -0.3 is 4.90 Å². The lowest BCUT2D eigenvalue weighted by atomic mass is 9.85. The number of likely N-dealkylation sites (N-methyl/N-ethyl adjacent to an activating group) is 1. The van der Waals surface area contributed by atoms with Crippen LogP contribution in [0.25, 0.3) is 0 Å². The van der Waals surface area contributed by atoms with Crippen LogP contribution >= 0.6 is 11.3 Å². The number of carbonyl (C=O) groups excluding carboxylic acids is 3. The monoisotopic (exact) mass is 388 g/mol. The van der Waals surface area contributed by atoms with Crippen LogP contribution in [0.2, 0.25) is 0 Å². The molecule has 3 amide bonds. The van der Waals surface area contributed by atoms with Gasteiger partial charge in [0.25, 0.3) is 0 Å². The first-order valence-corrected chi connectivity index (χ1v) is 10.6. The van der Waals surface area contributed by atoms with Gasteiger partial charge in [-0.1, -0.05) is 32.1 Å². The minimum absolute atomic E-state index is 0.118. The molecule has 0 N–H and O–H groups in total. The van der Waals surface area contributed by atoms with E-state index in [1.807, 2.05) is 50.4 Å². The Morgan fingerprint density at radius 2 is 1.85 bits per heavy atom. The Kier molecular flexibility index (Phi) is 6.15. The standard InChI is InChI=1S/C21H28N2O3S/c1-4-22(13-15-8-7-11-27-15)21(26)18(12-14(2)3)23-19(24)16-9-5-6-10-17(16)20(23)25/h5-8,11,14,16-18H,4,9-10,12-13H2,1-3H3. The SMILES string of the molecule is CCN(Cc1cccs1)C(=O)C(CC(C)C)N1C(=O)C2CC=CCC2C1=O. The Hall–Kier alpha value is -1.95. The maximum Gasteiger partial charge on any atom is 0.246 e. The summed E-state index contributed by atoms with van der Waals surface area (Å²) in [6.07, 6.45) is 5.65. The van der Waals surface area contributed by atoms with Crippen molar-refractivity contribution in [1.82, 2.24) is 9.80 Å². The molecule has 0 bridgehead atoms. The van der Waals surface area contributed by atoms with Crippen LogP contribution in [0, 0.1) is 17.8 Å². The first kappa shape index (κ1) is 19.8. The molecule has 0 radical (unpaired) electrons. The maximum absolute atomic E-state index is 13.4. The molecule has 1 aromatic heterocycles. The minimum Gasteiger partial charge on any atom is -0.336 e. The fourth-order valence-electron chi connectivity index (χ4n) is 4.04. The van der Waals surface area contributed by atoms with Gasteiger partial charge in [-0.2, -0.15) is 0 Å². The van der Waals surface area contributed by atoms with E-state index in [1.54, 1.807) is 16.2 Å². The first-order valence-electron chi connectivity index (χ1n) is 9.77. The smallest absolute Gasteiger partial charge is 0.246 e. The minimum atomic E-state index is -0.699. The van der Waals surface area contributed by atoms with Gasteiger partial charge in [0.05, 0.1) is 18.4 Å². The fourth-order valence-corrected chi connectivity index (χ4v) is 4.76. The summed E-state index contributed by atoms with van der Waals surface area (Å²) < 4.78 is 0. The van der Waals surface area contributed by atoms with E-state index in [9.17, 15) is 14.4 Å². The lowest BCUT2D eigenvalue weighted by Crippen LogP contribution is -2.51. The predicted molar refractivity (Wildman–Crippen MR) is 106 cm³/mol. The van der Waals surface area contributed by atoms with Crippen LogP contribution in [-0.2, 0) is 20.9 Å². The highest BCUT2D eigenvalue weighted by molar-refractivity contribution is 7.09. The zero-order valence-electron chi connectivity index (χ0n) is 16.3. The summed E-state index contributed by atoms with van der Waals surface area (Å²) in [6, 6.07) is 3.27. The van der Waals surface area contributed by atoms with Crippen LogP contribution in [0.15, 0.2) is 29.7 Å². The Bertz CT molecular complexity index is 700. The highest BCUT2D eigenvalue weighted by Crippen LogP contribution is 2.37. The Labute approximate surface area is 165 Å². The molecular weight excluding hydrogens is 360 g/mol. The van der Waals surface area contributed by atoms with Crippen molar-refractivity contribution >= 4 is 29.1 Å². The molecule has 3 rings (SSSR count). The van der Waals surface area contributed by atoms with Gasteiger partial charge in [0.15, 0.2) is 0 Å². The number of rotatable bonds is 7. The molecule has 0 aromatic carbocycles. The van der Waals surface area contributed by atoms with Crippen molar-refractivity contribution in [3.05, 3.63) is 34.5 Å². The fraction of sp³-hybridized carbons (Fsp3) is 0.571. The van der Waals surface area contributed by atoms with Crippen LogP contribution in [0.5, 0.6) is 0 Å². The van der Waals surface area contributed by atoms with Crippen molar-refractivity contribution in [1.29, 1.82) is 0 Å². The van der Waals surface area contributed by atoms with E-state index < -0.39 is 6.04 Å². The molecule has 0 spiro atoms. The molecule has 1 fully saturated rings. The number of allylic oxidation sites excluding steroid dienone is 2. The zero-order chi connectivity index (χ0) is 19.6. The number of imide groups is 1. The summed E-state index contributed by atoms with van der Waals surface area (Å²) in [6.45, 7) is 7.06. The molecule has 146 valence electrons. The van der Waals surface area contributed by atoms with Gasteiger partial charge in [-0.3, -0.25) is 19.3 Å². The molecule has 2 aliphatic rings. The number of carbonyl (C=O) groups is 3. The van der Waals surface area contributed by atoms with Crippen molar-refractivity contribution in [2.45, 2.75) is 52.6 Å². The van der Waals surface area contributed by atoms with Gasteiger partial charge in [-0.15, -0.1) is 11.3 Å². The van der Waals surface area contributed by atoms with Crippen molar-refractivity contribution in [3.63, 3.8) is 0 Å². The number of thiophene rings is 1. The van der Waals surface area contributed by atoms with E-state index in [4.69, 9.17) is 0 Å². The lowest BCUT2D eigenvalue weighted by Gasteiger charge is -2.32. The molecule has 3 unspecified atom stereocenters.